The lowest BCUT2D eigenvalue weighted by molar-refractivity contribution is 0.171. The molecule has 0 bridgehead atoms. The monoisotopic (exact) mass is 433 g/mol. The third-order valence-corrected chi connectivity index (χ3v) is 6.14. The fourth-order valence-electron chi connectivity index (χ4n) is 4.00. The van der Waals surface area contributed by atoms with Crippen LogP contribution in [0, 0.1) is 0 Å². The van der Waals surface area contributed by atoms with E-state index in [-0.39, 0.29) is 12.2 Å². The molecule has 1 atom stereocenters. The number of aromatic nitrogens is 2. The van der Waals surface area contributed by atoms with Crippen molar-refractivity contribution in [3.63, 3.8) is 0 Å². The summed E-state index contributed by atoms with van der Waals surface area (Å²) in [6.07, 6.45) is 2.16. The molecule has 0 amide bonds. The topological polar surface area (TPSA) is 50.5 Å². The van der Waals surface area contributed by atoms with E-state index in [1.165, 1.54) is 0 Å². The standard InChI is InChI=1S/C22H25Cl2N3O2/c1-14(28)12-15-4-3-5-20-21(15)22(25-26(20)2)27-10-8-16(9-11-27)29-17-6-7-18(23)19(24)13-17/h3-7,13-14,16,28H,8-12H2,1-2H3/t14-/m0/s1. The molecule has 0 radical (unpaired) electrons. The Balaban J connectivity index is 1.51. The number of rotatable bonds is 5. The molecule has 1 aliphatic rings. The lowest BCUT2D eigenvalue weighted by Gasteiger charge is -2.32. The second-order valence-electron chi connectivity index (χ2n) is 7.69. The highest BCUT2D eigenvalue weighted by molar-refractivity contribution is 6.42. The van der Waals surface area contributed by atoms with Gasteiger partial charge in [-0.1, -0.05) is 35.3 Å². The van der Waals surface area contributed by atoms with E-state index < -0.39 is 0 Å². The van der Waals surface area contributed by atoms with E-state index in [0.29, 0.717) is 16.5 Å². The minimum atomic E-state index is -0.390. The summed E-state index contributed by atoms with van der Waals surface area (Å²) in [5.74, 6) is 1.74. The van der Waals surface area contributed by atoms with Crippen molar-refractivity contribution in [3.8, 4) is 5.75 Å². The van der Waals surface area contributed by atoms with Crippen LogP contribution in [0.25, 0.3) is 10.9 Å². The van der Waals surface area contributed by atoms with E-state index in [2.05, 4.69) is 17.0 Å². The Kier molecular flexibility index (Phi) is 5.91. The summed E-state index contributed by atoms with van der Waals surface area (Å²) in [4.78, 5) is 2.32. The third-order valence-electron chi connectivity index (χ3n) is 5.40. The number of nitrogens with zero attached hydrogens (tertiary/aromatic N) is 3. The second kappa shape index (κ2) is 8.42. The van der Waals surface area contributed by atoms with Gasteiger partial charge in [0.05, 0.1) is 21.7 Å². The molecule has 1 saturated heterocycles. The maximum Gasteiger partial charge on any atom is 0.158 e. The SMILES string of the molecule is C[C@H](O)Cc1cccc2c1c(N1CCC(Oc3ccc(Cl)c(Cl)c3)CC1)nn2C. The highest BCUT2D eigenvalue weighted by atomic mass is 35.5. The maximum atomic E-state index is 9.91. The number of ether oxygens (including phenoxy) is 1. The van der Waals surface area contributed by atoms with Crippen LogP contribution in [0.1, 0.15) is 25.3 Å². The normalized spacial score (nSPS) is 16.4. The van der Waals surface area contributed by atoms with Crippen molar-refractivity contribution in [1.82, 2.24) is 9.78 Å². The molecule has 0 unspecified atom stereocenters. The number of aryl methyl sites for hydroxylation is 1. The molecule has 1 aromatic heterocycles. The van der Waals surface area contributed by atoms with E-state index in [1.54, 1.807) is 12.1 Å². The van der Waals surface area contributed by atoms with Crippen molar-refractivity contribution in [1.29, 1.82) is 0 Å². The summed E-state index contributed by atoms with van der Waals surface area (Å²) in [7, 11) is 1.97. The predicted molar refractivity (Wildman–Crippen MR) is 118 cm³/mol. The average molecular weight is 434 g/mol. The Hall–Kier alpha value is -1.95. The molecular weight excluding hydrogens is 409 g/mol. The number of benzene rings is 2. The first-order valence-electron chi connectivity index (χ1n) is 9.91. The summed E-state index contributed by atoms with van der Waals surface area (Å²) in [5, 5.41) is 16.9. The van der Waals surface area contributed by atoms with E-state index in [1.807, 2.05) is 30.8 Å². The highest BCUT2D eigenvalue weighted by Crippen LogP contribution is 2.33. The van der Waals surface area contributed by atoms with Gasteiger partial charge in [0.2, 0.25) is 0 Å². The molecule has 1 N–H and O–H groups in total. The third kappa shape index (κ3) is 4.32. The average Bonchev–Trinajstić information content (AvgIpc) is 3.03. The number of piperidine rings is 1. The van der Waals surface area contributed by atoms with Gasteiger partial charge in [0.25, 0.3) is 0 Å². The van der Waals surface area contributed by atoms with Gasteiger partial charge in [0, 0.05) is 44.4 Å². The van der Waals surface area contributed by atoms with Crippen molar-refractivity contribution in [2.45, 2.75) is 38.4 Å². The van der Waals surface area contributed by atoms with Crippen LogP contribution in [0.15, 0.2) is 36.4 Å². The van der Waals surface area contributed by atoms with Crippen LogP contribution < -0.4 is 9.64 Å². The zero-order chi connectivity index (χ0) is 20.5. The first-order valence-corrected chi connectivity index (χ1v) is 10.7. The number of anilines is 1. The van der Waals surface area contributed by atoms with Crippen molar-refractivity contribution in [3.05, 3.63) is 52.0 Å². The molecule has 0 spiro atoms. The molecule has 2 heterocycles. The van der Waals surface area contributed by atoms with Crippen LogP contribution in [0.3, 0.4) is 0 Å². The van der Waals surface area contributed by atoms with E-state index in [4.69, 9.17) is 33.0 Å². The molecule has 2 aromatic carbocycles. The first-order chi connectivity index (χ1) is 13.9. The summed E-state index contributed by atoms with van der Waals surface area (Å²) < 4.78 is 8.04. The summed E-state index contributed by atoms with van der Waals surface area (Å²) in [5.41, 5.74) is 2.22. The zero-order valence-corrected chi connectivity index (χ0v) is 18.1. The number of hydrogen-bond acceptors (Lipinski definition) is 4. The Bertz CT molecular complexity index is 1010. The van der Waals surface area contributed by atoms with Crippen LogP contribution in [-0.2, 0) is 13.5 Å². The lowest BCUT2D eigenvalue weighted by Crippen LogP contribution is -2.38. The van der Waals surface area contributed by atoms with Crippen LogP contribution in [0.2, 0.25) is 10.0 Å². The number of fused-ring (bicyclic) bond motifs is 1. The molecule has 154 valence electrons. The van der Waals surface area contributed by atoms with Gasteiger partial charge < -0.3 is 14.7 Å². The summed E-state index contributed by atoms with van der Waals surface area (Å²) in [6.45, 7) is 3.54. The van der Waals surface area contributed by atoms with E-state index in [0.717, 1.165) is 54.0 Å². The van der Waals surface area contributed by atoms with Gasteiger partial charge in [-0.3, -0.25) is 4.68 Å². The van der Waals surface area contributed by atoms with Gasteiger partial charge in [0.1, 0.15) is 11.9 Å². The minimum absolute atomic E-state index is 0.135. The molecular formula is C22H25Cl2N3O2. The van der Waals surface area contributed by atoms with Crippen molar-refractivity contribution < 1.29 is 9.84 Å². The van der Waals surface area contributed by atoms with Crippen molar-refractivity contribution in [2.75, 3.05) is 18.0 Å². The zero-order valence-electron chi connectivity index (χ0n) is 16.6. The van der Waals surface area contributed by atoms with Crippen LogP contribution in [0.5, 0.6) is 5.75 Å². The van der Waals surface area contributed by atoms with Gasteiger partial charge in [-0.15, -0.1) is 0 Å². The number of hydrogen-bond donors (Lipinski definition) is 1. The van der Waals surface area contributed by atoms with Gasteiger partial charge in [-0.2, -0.15) is 5.10 Å². The fourth-order valence-corrected chi connectivity index (χ4v) is 4.29. The molecule has 7 heteroatoms. The fraction of sp³-hybridized carbons (Fsp3) is 0.409. The smallest absolute Gasteiger partial charge is 0.158 e. The maximum absolute atomic E-state index is 9.91. The number of aliphatic hydroxyl groups excluding tert-OH is 1. The van der Waals surface area contributed by atoms with E-state index in [9.17, 15) is 5.11 Å². The molecule has 5 nitrogen and oxygen atoms in total. The molecule has 3 aromatic rings. The van der Waals surface area contributed by atoms with Gasteiger partial charge in [0.15, 0.2) is 5.82 Å². The molecule has 0 aliphatic carbocycles. The highest BCUT2D eigenvalue weighted by Gasteiger charge is 2.25. The molecule has 0 saturated carbocycles. The molecule has 29 heavy (non-hydrogen) atoms. The van der Waals surface area contributed by atoms with Crippen LogP contribution >= 0.6 is 23.2 Å². The molecule has 4 rings (SSSR count). The molecule has 1 aliphatic heterocycles. The van der Waals surface area contributed by atoms with Gasteiger partial charge in [-0.25, -0.2) is 0 Å². The Morgan fingerprint density at radius 2 is 1.93 bits per heavy atom. The predicted octanol–water partition coefficient (Wildman–Crippen LogP) is 4.85. The van der Waals surface area contributed by atoms with Crippen LogP contribution in [0.4, 0.5) is 5.82 Å². The Morgan fingerprint density at radius 1 is 1.17 bits per heavy atom. The lowest BCUT2D eigenvalue weighted by atomic mass is 10.0. The summed E-state index contributed by atoms with van der Waals surface area (Å²) >= 11 is 12.1. The molecule has 1 fully saturated rings. The van der Waals surface area contributed by atoms with Gasteiger partial charge in [-0.05, 0) is 37.1 Å². The summed E-state index contributed by atoms with van der Waals surface area (Å²) in [6, 6.07) is 11.6. The largest absolute Gasteiger partial charge is 0.490 e. The Labute approximate surface area is 180 Å². The Morgan fingerprint density at radius 3 is 2.62 bits per heavy atom. The number of halogens is 2. The van der Waals surface area contributed by atoms with Crippen molar-refractivity contribution >= 4 is 39.9 Å². The second-order valence-corrected chi connectivity index (χ2v) is 8.51. The first kappa shape index (κ1) is 20.3. The van der Waals surface area contributed by atoms with Crippen molar-refractivity contribution in [2.24, 2.45) is 7.05 Å². The number of aliphatic hydroxyl groups is 1. The van der Waals surface area contributed by atoms with E-state index >= 15 is 0 Å². The quantitative estimate of drug-likeness (QED) is 0.624. The van der Waals surface area contributed by atoms with Crippen LogP contribution in [-0.4, -0.2) is 40.2 Å². The van der Waals surface area contributed by atoms with Gasteiger partial charge >= 0.3 is 0 Å². The minimum Gasteiger partial charge on any atom is -0.490 e.